The van der Waals surface area contributed by atoms with Crippen LogP contribution in [0.3, 0.4) is 0 Å². The second-order valence-corrected chi connectivity index (χ2v) is 14.2. The van der Waals surface area contributed by atoms with Gasteiger partial charge in [-0.05, 0) is 132 Å². The SMILES string of the molecule is C1=CCC(Nc2ccc3c(-c4ccc5ccccc5c4)c4cc(N(c5ccccc5)c5ccccc5)ccc4c(-c4ccc5ccccc5c4)c3c2)C=C1. The molecule has 1 N–H and O–H groups in total. The molecule has 54 heavy (non-hydrogen) atoms. The van der Waals surface area contributed by atoms with Crippen LogP contribution in [0.1, 0.15) is 6.42 Å². The minimum absolute atomic E-state index is 0.251. The van der Waals surface area contributed by atoms with Crippen LogP contribution in [0.4, 0.5) is 22.7 Å². The molecule has 1 atom stereocenters. The van der Waals surface area contributed by atoms with Crippen LogP contribution in [0.15, 0.2) is 206 Å². The second kappa shape index (κ2) is 13.6. The van der Waals surface area contributed by atoms with E-state index < -0.39 is 0 Å². The van der Waals surface area contributed by atoms with Gasteiger partial charge in [-0.1, -0.05) is 146 Å². The summed E-state index contributed by atoms with van der Waals surface area (Å²) in [7, 11) is 0. The molecule has 10 rings (SSSR count). The number of hydrogen-bond acceptors (Lipinski definition) is 2. The fraction of sp³-hybridized carbons (Fsp3) is 0.0385. The van der Waals surface area contributed by atoms with Gasteiger partial charge in [-0.2, -0.15) is 0 Å². The van der Waals surface area contributed by atoms with Crippen LogP contribution in [-0.4, -0.2) is 6.04 Å². The van der Waals surface area contributed by atoms with E-state index in [0.717, 1.165) is 29.2 Å². The Bertz CT molecular complexity index is 2850. The zero-order valence-corrected chi connectivity index (χ0v) is 29.9. The van der Waals surface area contributed by atoms with Crippen LogP contribution in [-0.2, 0) is 0 Å². The van der Waals surface area contributed by atoms with E-state index in [1.807, 2.05) is 0 Å². The first-order valence-electron chi connectivity index (χ1n) is 18.8. The van der Waals surface area contributed by atoms with E-state index in [4.69, 9.17) is 0 Å². The van der Waals surface area contributed by atoms with Gasteiger partial charge in [0.2, 0.25) is 0 Å². The standard InChI is InChI=1S/C52H38N2/c1-4-18-42(19-5-1)53-43-28-30-47-49(34-43)51(40-26-24-36-14-10-12-16-38(36)32-40)48-31-29-46(54(44-20-6-2-7-21-44)45-22-8-3-9-23-45)35-50(48)52(47)41-27-25-37-15-11-13-17-39(37)33-41/h1-18,20-35,42,53H,19H2. The summed E-state index contributed by atoms with van der Waals surface area (Å²) in [5.41, 5.74) is 9.37. The molecule has 0 aliphatic heterocycles. The summed E-state index contributed by atoms with van der Waals surface area (Å²) in [6.45, 7) is 0. The van der Waals surface area contributed by atoms with Gasteiger partial charge in [0, 0.05) is 28.8 Å². The highest BCUT2D eigenvalue weighted by atomic mass is 15.1. The maximum Gasteiger partial charge on any atom is 0.0482 e. The molecule has 1 aliphatic rings. The summed E-state index contributed by atoms with van der Waals surface area (Å²) in [6, 6.07) is 66.9. The third kappa shape index (κ3) is 5.79. The molecule has 9 aromatic carbocycles. The maximum atomic E-state index is 3.83. The minimum atomic E-state index is 0.251. The van der Waals surface area contributed by atoms with Crippen LogP contribution in [0.25, 0.3) is 65.3 Å². The first kappa shape index (κ1) is 31.8. The van der Waals surface area contributed by atoms with Crippen molar-refractivity contribution in [2.75, 3.05) is 10.2 Å². The molecule has 0 bridgehead atoms. The number of nitrogens with zero attached hydrogens (tertiary/aromatic N) is 1. The van der Waals surface area contributed by atoms with Crippen molar-refractivity contribution >= 4 is 65.8 Å². The lowest BCUT2D eigenvalue weighted by Crippen LogP contribution is -2.16. The first-order valence-corrected chi connectivity index (χ1v) is 18.8. The van der Waals surface area contributed by atoms with Crippen LogP contribution in [0.2, 0.25) is 0 Å². The fourth-order valence-corrected chi connectivity index (χ4v) is 8.26. The first-order chi connectivity index (χ1) is 26.8. The Balaban J connectivity index is 1.30. The molecule has 0 amide bonds. The number of rotatable bonds is 7. The molecule has 0 spiro atoms. The molecule has 1 aliphatic carbocycles. The third-order valence-electron chi connectivity index (χ3n) is 10.8. The van der Waals surface area contributed by atoms with Gasteiger partial charge in [-0.15, -0.1) is 0 Å². The number of fused-ring (bicyclic) bond motifs is 4. The van der Waals surface area contributed by atoms with Crippen molar-refractivity contribution in [3.05, 3.63) is 206 Å². The van der Waals surface area contributed by atoms with Crippen molar-refractivity contribution in [2.24, 2.45) is 0 Å². The van der Waals surface area contributed by atoms with Gasteiger partial charge in [0.1, 0.15) is 0 Å². The van der Waals surface area contributed by atoms with E-state index in [1.165, 1.54) is 65.3 Å². The Morgan fingerprint density at radius 2 is 0.944 bits per heavy atom. The molecule has 0 radical (unpaired) electrons. The molecule has 0 heterocycles. The predicted molar refractivity (Wildman–Crippen MR) is 232 cm³/mol. The van der Waals surface area contributed by atoms with Gasteiger partial charge in [-0.3, -0.25) is 0 Å². The van der Waals surface area contributed by atoms with Gasteiger partial charge in [-0.25, -0.2) is 0 Å². The molecule has 9 aromatic rings. The van der Waals surface area contributed by atoms with E-state index in [1.54, 1.807) is 0 Å². The summed E-state index contributed by atoms with van der Waals surface area (Å²) < 4.78 is 0. The molecule has 2 nitrogen and oxygen atoms in total. The summed E-state index contributed by atoms with van der Waals surface area (Å²) >= 11 is 0. The second-order valence-electron chi connectivity index (χ2n) is 14.2. The topological polar surface area (TPSA) is 15.3 Å². The lowest BCUT2D eigenvalue weighted by molar-refractivity contribution is 0.884. The number of hydrogen-bond donors (Lipinski definition) is 1. The van der Waals surface area contributed by atoms with Crippen LogP contribution < -0.4 is 10.2 Å². The predicted octanol–water partition coefficient (Wildman–Crippen LogP) is 14.4. The highest BCUT2D eigenvalue weighted by molar-refractivity contribution is 6.23. The Morgan fingerprint density at radius 1 is 0.407 bits per heavy atom. The zero-order chi connectivity index (χ0) is 35.8. The summed E-state index contributed by atoms with van der Waals surface area (Å²) in [4.78, 5) is 2.36. The van der Waals surface area contributed by atoms with Crippen LogP contribution in [0.5, 0.6) is 0 Å². The number of para-hydroxylation sites is 2. The van der Waals surface area contributed by atoms with Crippen molar-refractivity contribution < 1.29 is 0 Å². The van der Waals surface area contributed by atoms with E-state index in [9.17, 15) is 0 Å². The highest BCUT2D eigenvalue weighted by Crippen LogP contribution is 2.47. The number of anilines is 4. The number of allylic oxidation sites excluding steroid dienone is 2. The van der Waals surface area contributed by atoms with E-state index in [2.05, 4.69) is 217 Å². The van der Waals surface area contributed by atoms with Gasteiger partial charge in [0.25, 0.3) is 0 Å². The minimum Gasteiger partial charge on any atom is -0.379 e. The normalized spacial score (nSPS) is 13.9. The molecule has 0 saturated heterocycles. The molecule has 1 unspecified atom stereocenters. The maximum absolute atomic E-state index is 3.83. The monoisotopic (exact) mass is 690 g/mol. The molecular formula is C52H38N2. The van der Waals surface area contributed by atoms with Crippen LogP contribution in [0, 0.1) is 0 Å². The third-order valence-corrected chi connectivity index (χ3v) is 10.8. The van der Waals surface area contributed by atoms with Gasteiger partial charge in [0.05, 0.1) is 0 Å². The van der Waals surface area contributed by atoms with Gasteiger partial charge < -0.3 is 10.2 Å². The summed E-state index contributed by atoms with van der Waals surface area (Å²) in [5, 5.41) is 13.7. The quantitative estimate of drug-likeness (QED) is 0.168. The van der Waals surface area contributed by atoms with E-state index in [0.29, 0.717) is 0 Å². The Labute approximate surface area is 316 Å². The zero-order valence-electron chi connectivity index (χ0n) is 29.9. The van der Waals surface area contributed by atoms with Gasteiger partial charge in [0.15, 0.2) is 0 Å². The Kier molecular flexibility index (Phi) is 8.00. The summed E-state index contributed by atoms with van der Waals surface area (Å²) in [6.07, 6.45) is 9.72. The van der Waals surface area contributed by atoms with Crippen molar-refractivity contribution in [2.45, 2.75) is 12.5 Å². The molecule has 0 saturated carbocycles. The molecule has 0 aromatic heterocycles. The van der Waals surface area contributed by atoms with Crippen molar-refractivity contribution in [1.29, 1.82) is 0 Å². The largest absolute Gasteiger partial charge is 0.379 e. The van der Waals surface area contributed by atoms with Crippen molar-refractivity contribution in [3.8, 4) is 22.3 Å². The summed E-state index contributed by atoms with van der Waals surface area (Å²) in [5.74, 6) is 0. The molecular weight excluding hydrogens is 653 g/mol. The molecule has 256 valence electrons. The Hall–Kier alpha value is -6.90. The number of benzene rings is 9. The Morgan fingerprint density at radius 3 is 1.52 bits per heavy atom. The highest BCUT2D eigenvalue weighted by Gasteiger charge is 2.21. The van der Waals surface area contributed by atoms with Crippen molar-refractivity contribution in [3.63, 3.8) is 0 Å². The van der Waals surface area contributed by atoms with Crippen LogP contribution >= 0.6 is 0 Å². The lowest BCUT2D eigenvalue weighted by atomic mass is 9.84. The van der Waals surface area contributed by atoms with E-state index in [-0.39, 0.29) is 6.04 Å². The fourth-order valence-electron chi connectivity index (χ4n) is 8.26. The molecule has 2 heteroatoms. The van der Waals surface area contributed by atoms with E-state index >= 15 is 0 Å². The number of nitrogens with one attached hydrogen (secondary N) is 1. The molecule has 0 fully saturated rings. The smallest absolute Gasteiger partial charge is 0.0482 e. The average molecular weight is 691 g/mol. The average Bonchev–Trinajstić information content (AvgIpc) is 3.24. The van der Waals surface area contributed by atoms with Crippen molar-refractivity contribution in [1.82, 2.24) is 0 Å². The lowest BCUT2D eigenvalue weighted by Gasteiger charge is -2.27. The van der Waals surface area contributed by atoms with Gasteiger partial charge >= 0.3 is 0 Å².